The summed E-state index contributed by atoms with van der Waals surface area (Å²) in [6, 6.07) is -1.17. The minimum Gasteiger partial charge on any atom is -0.464 e. The smallest absolute Gasteiger partial charge is 0.402 e. The zero-order valence-corrected chi connectivity index (χ0v) is 15.4. The summed E-state index contributed by atoms with van der Waals surface area (Å²) < 4.78 is 8.51. The Morgan fingerprint density at radius 2 is 2.08 bits per heavy atom. The molecule has 2 aliphatic rings. The Morgan fingerprint density at radius 1 is 1.38 bits per heavy atom. The summed E-state index contributed by atoms with van der Waals surface area (Å²) in [5.74, 6) is 0.0810. The van der Waals surface area contributed by atoms with Gasteiger partial charge in [0.25, 0.3) is 5.91 Å². The SMILES string of the molecule is C=CCN1C(=O)C2C(=Nc3n2c(C)c(C)[n+]3CC(=O)OCC)N(C)C1=O. The Morgan fingerprint density at radius 3 is 2.69 bits per heavy atom. The molecule has 0 aliphatic carbocycles. The maximum atomic E-state index is 12.9. The van der Waals surface area contributed by atoms with E-state index >= 15 is 0 Å². The van der Waals surface area contributed by atoms with Gasteiger partial charge in [-0.15, -0.1) is 6.58 Å². The molecular formula is C17H22N5O4+. The number of carbonyl (C=O) groups excluding carboxylic acids is 3. The summed E-state index contributed by atoms with van der Waals surface area (Å²) in [4.78, 5) is 44.4. The van der Waals surface area contributed by atoms with Gasteiger partial charge >= 0.3 is 17.9 Å². The van der Waals surface area contributed by atoms with Crippen molar-refractivity contribution in [1.82, 2.24) is 14.4 Å². The molecule has 138 valence electrons. The molecule has 3 amide bonds. The van der Waals surface area contributed by atoms with Crippen LogP contribution < -0.4 is 4.57 Å². The summed E-state index contributed by atoms with van der Waals surface area (Å²) in [5.41, 5.74) is 1.63. The normalized spacial score (nSPS) is 18.6. The van der Waals surface area contributed by atoms with E-state index in [-0.39, 0.29) is 31.6 Å². The number of hydrogen-bond donors (Lipinski definition) is 0. The summed E-state index contributed by atoms with van der Waals surface area (Å²) in [5, 5.41) is 0. The van der Waals surface area contributed by atoms with Crippen LogP contribution in [-0.2, 0) is 20.9 Å². The van der Waals surface area contributed by atoms with Gasteiger partial charge in [0.15, 0.2) is 6.54 Å². The van der Waals surface area contributed by atoms with Crippen LogP contribution in [0.15, 0.2) is 17.6 Å². The average Bonchev–Trinajstić information content (AvgIpc) is 3.09. The molecular weight excluding hydrogens is 338 g/mol. The number of likely N-dealkylation sites (N-methyl/N-ethyl adjacent to an activating group) is 1. The van der Waals surface area contributed by atoms with E-state index in [4.69, 9.17) is 4.74 Å². The molecule has 0 radical (unpaired) electrons. The maximum absolute atomic E-state index is 12.9. The summed E-state index contributed by atoms with van der Waals surface area (Å²) >= 11 is 0. The van der Waals surface area contributed by atoms with Gasteiger partial charge in [-0.25, -0.2) is 18.7 Å². The predicted molar refractivity (Wildman–Crippen MR) is 91.9 cm³/mol. The third-order valence-corrected chi connectivity index (χ3v) is 4.73. The number of imide groups is 1. The third-order valence-electron chi connectivity index (χ3n) is 4.73. The molecule has 0 aromatic carbocycles. The molecule has 0 saturated carbocycles. The standard InChI is InChI=1S/C17H22N5O4/c1-6-8-20-15(24)13-14(19(5)17(20)25)18-16-21(9-12(23)26-7-2)10(3)11(4)22(13)16/h6,13H,1,7-9H2,2-5H3/q+1. The summed E-state index contributed by atoms with van der Waals surface area (Å²) in [6.45, 7) is 9.48. The van der Waals surface area contributed by atoms with E-state index in [1.165, 1.54) is 11.0 Å². The zero-order valence-electron chi connectivity index (χ0n) is 15.4. The summed E-state index contributed by atoms with van der Waals surface area (Å²) in [7, 11) is 1.58. The number of rotatable bonds is 5. The van der Waals surface area contributed by atoms with Gasteiger partial charge in [-0.05, 0) is 20.8 Å². The minimum absolute atomic E-state index is 0.00539. The Hall–Kier alpha value is -2.97. The predicted octanol–water partition coefficient (Wildman–Crippen LogP) is 0.620. The molecule has 1 aromatic rings. The van der Waals surface area contributed by atoms with E-state index in [1.54, 1.807) is 23.1 Å². The number of hydrogen-bond acceptors (Lipinski definition) is 5. The first-order valence-corrected chi connectivity index (χ1v) is 8.38. The highest BCUT2D eigenvalue weighted by Gasteiger charge is 2.54. The largest absolute Gasteiger partial charge is 0.464 e. The van der Waals surface area contributed by atoms with E-state index in [2.05, 4.69) is 11.6 Å². The lowest BCUT2D eigenvalue weighted by atomic mass is 10.1. The van der Waals surface area contributed by atoms with Gasteiger partial charge in [0.05, 0.1) is 6.61 Å². The lowest BCUT2D eigenvalue weighted by Crippen LogP contribution is -2.57. The number of esters is 1. The van der Waals surface area contributed by atoms with E-state index in [1.807, 2.05) is 13.8 Å². The van der Waals surface area contributed by atoms with Crippen molar-refractivity contribution in [3.05, 3.63) is 24.0 Å². The first-order valence-electron chi connectivity index (χ1n) is 8.38. The van der Waals surface area contributed by atoms with Crippen molar-refractivity contribution in [2.75, 3.05) is 20.2 Å². The number of nitrogens with zero attached hydrogens (tertiary/aromatic N) is 5. The highest BCUT2D eigenvalue weighted by atomic mass is 16.5. The third kappa shape index (κ3) is 2.42. The minimum atomic E-state index is -0.727. The van der Waals surface area contributed by atoms with Gasteiger partial charge in [0, 0.05) is 13.6 Å². The second-order valence-corrected chi connectivity index (χ2v) is 6.18. The maximum Gasteiger partial charge on any atom is 0.402 e. The number of fused-ring (bicyclic) bond motifs is 3. The van der Waals surface area contributed by atoms with Crippen LogP contribution in [0.25, 0.3) is 0 Å². The van der Waals surface area contributed by atoms with E-state index < -0.39 is 12.1 Å². The number of carbonyl (C=O) groups is 3. The molecule has 0 N–H and O–H groups in total. The van der Waals surface area contributed by atoms with Gasteiger partial charge < -0.3 is 4.74 Å². The van der Waals surface area contributed by atoms with Crippen LogP contribution in [-0.4, -0.2) is 58.3 Å². The molecule has 9 heteroatoms. The number of urea groups is 1. The second-order valence-electron chi connectivity index (χ2n) is 6.18. The number of aromatic nitrogens is 2. The first kappa shape index (κ1) is 17.8. The molecule has 0 spiro atoms. The zero-order chi connectivity index (χ0) is 19.2. The fourth-order valence-electron chi connectivity index (χ4n) is 3.32. The molecule has 3 heterocycles. The van der Waals surface area contributed by atoms with E-state index in [0.29, 0.717) is 11.8 Å². The molecule has 1 saturated heterocycles. The fourth-order valence-corrected chi connectivity index (χ4v) is 3.32. The van der Waals surface area contributed by atoms with Crippen molar-refractivity contribution in [2.24, 2.45) is 4.99 Å². The monoisotopic (exact) mass is 360 g/mol. The first-order chi connectivity index (χ1) is 12.3. The topological polar surface area (TPSA) is 88.1 Å². The Kier molecular flexibility index (Phi) is 4.39. The number of aliphatic imine (C=N–C) groups is 1. The van der Waals surface area contributed by atoms with Crippen LogP contribution in [0.3, 0.4) is 0 Å². The molecule has 1 fully saturated rings. The van der Waals surface area contributed by atoms with Gasteiger partial charge in [0.2, 0.25) is 11.9 Å². The van der Waals surface area contributed by atoms with E-state index in [0.717, 1.165) is 16.3 Å². The van der Waals surface area contributed by atoms with Crippen molar-refractivity contribution in [1.29, 1.82) is 0 Å². The van der Waals surface area contributed by atoms with Gasteiger partial charge in [0.1, 0.15) is 11.4 Å². The Balaban J connectivity index is 2.09. The van der Waals surface area contributed by atoms with Crippen LogP contribution in [0, 0.1) is 13.8 Å². The molecule has 9 nitrogen and oxygen atoms in total. The number of amidine groups is 1. The molecule has 1 atom stereocenters. The molecule has 1 unspecified atom stereocenters. The van der Waals surface area contributed by atoms with Gasteiger partial charge in [-0.2, -0.15) is 0 Å². The van der Waals surface area contributed by atoms with Crippen molar-refractivity contribution in [2.45, 2.75) is 33.4 Å². The molecule has 0 bridgehead atoms. The number of amides is 3. The van der Waals surface area contributed by atoms with Crippen LogP contribution in [0.4, 0.5) is 10.7 Å². The Bertz CT molecular complexity index is 854. The second kappa shape index (κ2) is 6.40. The Labute approximate surface area is 151 Å². The highest BCUT2D eigenvalue weighted by molar-refractivity contribution is 6.20. The van der Waals surface area contributed by atoms with Crippen molar-refractivity contribution in [3.63, 3.8) is 0 Å². The lowest BCUT2D eigenvalue weighted by molar-refractivity contribution is -0.678. The van der Waals surface area contributed by atoms with Gasteiger partial charge in [-0.3, -0.25) is 14.6 Å². The number of ether oxygens (including phenoxy) is 1. The van der Waals surface area contributed by atoms with Crippen LogP contribution in [0.2, 0.25) is 0 Å². The van der Waals surface area contributed by atoms with Gasteiger partial charge in [-0.1, -0.05) is 11.1 Å². The van der Waals surface area contributed by atoms with Crippen LogP contribution in [0.1, 0.15) is 24.4 Å². The molecule has 26 heavy (non-hydrogen) atoms. The van der Waals surface area contributed by atoms with Crippen molar-refractivity contribution >= 4 is 29.7 Å². The molecule has 1 aromatic heterocycles. The average molecular weight is 360 g/mol. The van der Waals surface area contributed by atoms with Crippen molar-refractivity contribution in [3.8, 4) is 0 Å². The lowest BCUT2D eigenvalue weighted by Gasteiger charge is -2.32. The fraction of sp³-hybridized carbons (Fsp3) is 0.471. The van der Waals surface area contributed by atoms with Crippen LogP contribution >= 0.6 is 0 Å². The number of imidazole rings is 1. The summed E-state index contributed by atoms with van der Waals surface area (Å²) in [6.07, 6.45) is 1.51. The molecule has 2 aliphatic heterocycles. The van der Waals surface area contributed by atoms with Crippen molar-refractivity contribution < 1.29 is 23.7 Å². The van der Waals surface area contributed by atoms with E-state index in [9.17, 15) is 14.4 Å². The highest BCUT2D eigenvalue weighted by Crippen LogP contribution is 2.35. The quantitative estimate of drug-likeness (QED) is 0.437. The van der Waals surface area contributed by atoms with Crippen LogP contribution in [0.5, 0.6) is 0 Å². The molecule has 3 rings (SSSR count).